The Balaban J connectivity index is 4.40. The van der Waals surface area contributed by atoms with E-state index in [1.165, 1.54) is 154 Å². The van der Waals surface area contributed by atoms with Gasteiger partial charge in [0, 0.05) is 6.42 Å². The number of unbranched alkanes of at least 4 members (excludes halogenated alkanes) is 28. The number of carbonyl (C=O) groups excluding carboxylic acids is 1. The number of nitrogens with zero attached hydrogens (tertiary/aromatic N) is 1. The zero-order chi connectivity index (χ0) is 43.6. The van der Waals surface area contributed by atoms with E-state index in [4.69, 9.17) is 9.05 Å². The van der Waals surface area contributed by atoms with Crippen molar-refractivity contribution in [1.29, 1.82) is 0 Å². The number of hydrogen-bond acceptors (Lipinski definition) is 6. The molecule has 8 nitrogen and oxygen atoms in total. The summed E-state index contributed by atoms with van der Waals surface area (Å²) in [6, 6.07) is -0.906. The molecule has 0 aliphatic rings. The standard InChI is InChI=1S/C50H97N2O6P/c1-6-8-10-12-14-16-18-20-22-24-26-27-29-31-33-35-37-39-41-43-49(53)48(47-58-59(55,56)57-46-45-52(3,4)5)51-50(54)44-42-40-38-36-34-32-30-28-25-23-21-19-17-15-13-11-9-7-2/h28,30,33,35,41,43,48-49,53H,6-27,29,31-32,34,36-40,42,44-47H2,1-5H3,(H-,51,54,55,56)/b30-28-,35-33+,43-41+. The van der Waals surface area contributed by atoms with Gasteiger partial charge in [0.1, 0.15) is 13.2 Å². The second kappa shape index (κ2) is 42.0. The van der Waals surface area contributed by atoms with Gasteiger partial charge in [-0.3, -0.25) is 9.36 Å². The maximum atomic E-state index is 12.9. The fourth-order valence-electron chi connectivity index (χ4n) is 7.10. The lowest BCUT2D eigenvalue weighted by Gasteiger charge is -2.29. The molecule has 0 rings (SSSR count). The van der Waals surface area contributed by atoms with E-state index in [0.717, 1.165) is 51.4 Å². The van der Waals surface area contributed by atoms with Crippen LogP contribution in [0.3, 0.4) is 0 Å². The van der Waals surface area contributed by atoms with Gasteiger partial charge in [0.2, 0.25) is 5.91 Å². The van der Waals surface area contributed by atoms with Gasteiger partial charge in [-0.15, -0.1) is 0 Å². The molecule has 0 aromatic rings. The zero-order valence-electron chi connectivity index (χ0n) is 39.5. The van der Waals surface area contributed by atoms with Gasteiger partial charge in [-0.2, -0.15) is 0 Å². The third-order valence-electron chi connectivity index (χ3n) is 11.1. The fraction of sp³-hybridized carbons (Fsp3) is 0.860. The molecule has 0 bridgehead atoms. The predicted octanol–water partition coefficient (Wildman–Crippen LogP) is 13.6. The summed E-state index contributed by atoms with van der Waals surface area (Å²) in [6.07, 6.45) is 52.0. The van der Waals surface area contributed by atoms with Crippen LogP contribution in [-0.2, 0) is 18.4 Å². The van der Waals surface area contributed by atoms with E-state index in [0.29, 0.717) is 17.4 Å². The van der Waals surface area contributed by atoms with Gasteiger partial charge in [0.25, 0.3) is 7.82 Å². The zero-order valence-corrected chi connectivity index (χ0v) is 40.4. The van der Waals surface area contributed by atoms with E-state index < -0.39 is 26.6 Å². The normalized spacial score (nSPS) is 14.5. The van der Waals surface area contributed by atoms with Crippen molar-refractivity contribution in [3.05, 3.63) is 36.5 Å². The largest absolute Gasteiger partial charge is 0.756 e. The maximum Gasteiger partial charge on any atom is 0.268 e. The number of nitrogens with one attached hydrogen (secondary N) is 1. The molecule has 0 fully saturated rings. The molecular weight excluding hydrogens is 756 g/mol. The Morgan fingerprint density at radius 2 is 0.949 bits per heavy atom. The number of aliphatic hydroxyl groups is 1. The van der Waals surface area contributed by atoms with Crippen LogP contribution in [0.25, 0.3) is 0 Å². The van der Waals surface area contributed by atoms with Gasteiger partial charge in [0.05, 0.1) is 39.9 Å². The average molecular weight is 853 g/mol. The third-order valence-corrected chi connectivity index (χ3v) is 12.0. The minimum atomic E-state index is -4.60. The Labute approximate surface area is 366 Å². The first kappa shape index (κ1) is 57.7. The molecule has 0 aromatic carbocycles. The lowest BCUT2D eigenvalue weighted by atomic mass is 10.0. The first-order chi connectivity index (χ1) is 28.5. The van der Waals surface area contributed by atoms with Crippen LogP contribution in [0.4, 0.5) is 0 Å². The van der Waals surface area contributed by atoms with Crippen molar-refractivity contribution in [3.63, 3.8) is 0 Å². The van der Waals surface area contributed by atoms with Crippen LogP contribution in [0, 0.1) is 0 Å². The number of phosphoric acid groups is 1. The van der Waals surface area contributed by atoms with Crippen LogP contribution in [0.2, 0.25) is 0 Å². The number of amides is 1. The second-order valence-corrected chi connectivity index (χ2v) is 19.6. The van der Waals surface area contributed by atoms with E-state index in [1.54, 1.807) is 6.08 Å². The number of allylic oxidation sites excluding steroid dienone is 5. The molecule has 3 atom stereocenters. The Morgan fingerprint density at radius 3 is 1.37 bits per heavy atom. The molecule has 348 valence electrons. The second-order valence-electron chi connectivity index (χ2n) is 18.2. The summed E-state index contributed by atoms with van der Waals surface area (Å²) >= 11 is 0. The number of aliphatic hydroxyl groups excluding tert-OH is 1. The van der Waals surface area contributed by atoms with Gasteiger partial charge in [-0.05, 0) is 57.8 Å². The van der Waals surface area contributed by atoms with Gasteiger partial charge in [0.15, 0.2) is 0 Å². The molecule has 0 saturated carbocycles. The number of carbonyl (C=O) groups is 1. The van der Waals surface area contributed by atoms with Crippen molar-refractivity contribution in [3.8, 4) is 0 Å². The molecule has 0 radical (unpaired) electrons. The van der Waals surface area contributed by atoms with E-state index in [9.17, 15) is 19.4 Å². The summed E-state index contributed by atoms with van der Waals surface area (Å²) in [7, 11) is 1.24. The summed E-state index contributed by atoms with van der Waals surface area (Å²) in [6.45, 7) is 4.63. The van der Waals surface area contributed by atoms with E-state index in [-0.39, 0.29) is 12.5 Å². The molecule has 3 unspecified atom stereocenters. The van der Waals surface area contributed by atoms with Crippen LogP contribution < -0.4 is 10.2 Å². The van der Waals surface area contributed by atoms with Crippen LogP contribution >= 0.6 is 7.82 Å². The first-order valence-corrected chi connectivity index (χ1v) is 26.3. The highest BCUT2D eigenvalue weighted by molar-refractivity contribution is 7.45. The number of rotatable bonds is 45. The first-order valence-electron chi connectivity index (χ1n) is 24.9. The topological polar surface area (TPSA) is 108 Å². The molecule has 9 heteroatoms. The molecule has 0 heterocycles. The molecule has 0 aromatic heterocycles. The summed E-state index contributed by atoms with van der Waals surface area (Å²) in [5.74, 6) is -0.215. The van der Waals surface area contributed by atoms with Crippen LogP contribution in [0.5, 0.6) is 0 Å². The van der Waals surface area contributed by atoms with Crippen LogP contribution in [-0.4, -0.2) is 68.5 Å². The minimum Gasteiger partial charge on any atom is -0.756 e. The molecule has 0 aliphatic carbocycles. The molecule has 0 saturated heterocycles. The predicted molar refractivity (Wildman–Crippen MR) is 251 cm³/mol. The summed E-state index contributed by atoms with van der Waals surface area (Å²) in [5.41, 5.74) is 0. The Morgan fingerprint density at radius 1 is 0.576 bits per heavy atom. The molecule has 2 N–H and O–H groups in total. The Bertz CT molecular complexity index is 1060. The molecule has 0 aliphatic heterocycles. The maximum absolute atomic E-state index is 12.9. The lowest BCUT2D eigenvalue weighted by molar-refractivity contribution is -0.870. The van der Waals surface area contributed by atoms with Gasteiger partial charge in [-0.25, -0.2) is 0 Å². The molecular formula is C50H97N2O6P. The summed E-state index contributed by atoms with van der Waals surface area (Å²) in [5, 5.41) is 13.8. The van der Waals surface area contributed by atoms with Crippen molar-refractivity contribution < 1.29 is 32.9 Å². The summed E-state index contributed by atoms with van der Waals surface area (Å²) < 4.78 is 23.2. The van der Waals surface area contributed by atoms with Crippen molar-refractivity contribution in [1.82, 2.24) is 5.32 Å². The molecule has 59 heavy (non-hydrogen) atoms. The number of quaternary nitrogens is 1. The monoisotopic (exact) mass is 853 g/mol. The van der Waals surface area contributed by atoms with Crippen molar-refractivity contribution >= 4 is 13.7 Å². The van der Waals surface area contributed by atoms with Crippen LogP contribution in [0.15, 0.2) is 36.5 Å². The van der Waals surface area contributed by atoms with Crippen molar-refractivity contribution in [2.24, 2.45) is 0 Å². The Kier molecular flexibility index (Phi) is 41.1. The smallest absolute Gasteiger partial charge is 0.268 e. The summed E-state index contributed by atoms with van der Waals surface area (Å²) in [4.78, 5) is 25.4. The van der Waals surface area contributed by atoms with Gasteiger partial charge in [-0.1, -0.05) is 198 Å². The van der Waals surface area contributed by atoms with Crippen molar-refractivity contribution in [2.75, 3.05) is 40.9 Å². The molecule has 0 spiro atoms. The SMILES string of the molecule is CCCCCCCCCCC/C=C\CCCCCCCC(=O)NC(COP(=O)([O-])OCC[N+](C)(C)C)C(O)/C=C/CC/C=C/CCCCCCCCCCCCCCC. The molecule has 1 amide bonds. The highest BCUT2D eigenvalue weighted by Gasteiger charge is 2.23. The highest BCUT2D eigenvalue weighted by Crippen LogP contribution is 2.38. The van der Waals surface area contributed by atoms with Gasteiger partial charge >= 0.3 is 0 Å². The van der Waals surface area contributed by atoms with Crippen molar-refractivity contribution in [2.45, 2.75) is 238 Å². The minimum absolute atomic E-state index is 0.00766. The van der Waals surface area contributed by atoms with E-state index in [2.05, 4.69) is 43.5 Å². The van der Waals surface area contributed by atoms with E-state index >= 15 is 0 Å². The van der Waals surface area contributed by atoms with E-state index in [1.807, 2.05) is 27.2 Å². The fourth-order valence-corrected chi connectivity index (χ4v) is 7.83. The number of phosphoric ester groups is 1. The number of likely N-dealkylation sites (N-methyl/N-ethyl adjacent to an activating group) is 1. The highest BCUT2D eigenvalue weighted by atomic mass is 31.2. The third kappa shape index (κ3) is 44.6. The number of hydrogen-bond donors (Lipinski definition) is 2. The van der Waals surface area contributed by atoms with Crippen LogP contribution in [0.1, 0.15) is 226 Å². The quantitative estimate of drug-likeness (QED) is 0.0273. The average Bonchev–Trinajstić information content (AvgIpc) is 3.19. The lowest BCUT2D eigenvalue weighted by Crippen LogP contribution is -2.45. The Hall–Kier alpha value is -1.28. The van der Waals surface area contributed by atoms with Gasteiger partial charge < -0.3 is 28.8 Å².